The molecule has 0 fully saturated rings. The second kappa shape index (κ2) is 5.09. The van der Waals surface area contributed by atoms with Crippen molar-refractivity contribution in [3.63, 3.8) is 0 Å². The number of rotatable bonds is 3. The third kappa shape index (κ3) is 2.50. The molecule has 3 rings (SSSR count). The van der Waals surface area contributed by atoms with Crippen molar-refractivity contribution >= 4 is 21.6 Å². The molecule has 1 atom stereocenters. The van der Waals surface area contributed by atoms with Gasteiger partial charge in [-0.05, 0) is 42.8 Å². The van der Waals surface area contributed by atoms with Crippen molar-refractivity contribution < 1.29 is 9.13 Å². The highest BCUT2D eigenvalue weighted by Crippen LogP contribution is 2.34. The van der Waals surface area contributed by atoms with Gasteiger partial charge in [0.15, 0.2) is 0 Å². The first kappa shape index (κ1) is 14.0. The number of methoxy groups -OCH3 is 1. The van der Waals surface area contributed by atoms with E-state index in [9.17, 15) is 4.39 Å². The predicted molar refractivity (Wildman–Crippen MR) is 82.9 cm³/mol. The number of ether oxygens (including phenoxy) is 1. The van der Waals surface area contributed by atoms with Crippen LogP contribution in [0.1, 0.15) is 10.6 Å². The maximum absolute atomic E-state index is 13.3. The van der Waals surface area contributed by atoms with Crippen LogP contribution in [-0.2, 0) is 5.54 Å². The van der Waals surface area contributed by atoms with Crippen LogP contribution in [0.25, 0.3) is 10.2 Å². The highest BCUT2D eigenvalue weighted by molar-refractivity contribution is 7.18. The molecule has 0 aliphatic carbocycles. The Morgan fingerprint density at radius 3 is 2.86 bits per heavy atom. The lowest BCUT2D eigenvalue weighted by Crippen LogP contribution is -2.34. The standard InChI is InChI=1S/C16H14FN2OS/c1-16(18,10-4-3-5-12(8-10)20-2)15-19-13-7-6-11(17)9-14(13)21-15/h3-9H,1,18H2,2H3. The summed E-state index contributed by atoms with van der Waals surface area (Å²) in [5.41, 5.74) is 6.88. The van der Waals surface area contributed by atoms with Crippen LogP contribution >= 0.6 is 11.3 Å². The van der Waals surface area contributed by atoms with E-state index in [2.05, 4.69) is 11.9 Å². The van der Waals surface area contributed by atoms with E-state index < -0.39 is 5.54 Å². The van der Waals surface area contributed by atoms with Crippen LogP contribution in [0, 0.1) is 12.7 Å². The first-order valence-corrected chi connectivity index (χ1v) is 7.17. The van der Waals surface area contributed by atoms with Crippen LogP contribution in [0.3, 0.4) is 0 Å². The zero-order chi connectivity index (χ0) is 15.0. The van der Waals surface area contributed by atoms with E-state index in [1.54, 1.807) is 13.2 Å². The van der Waals surface area contributed by atoms with Gasteiger partial charge in [0.2, 0.25) is 0 Å². The Labute approximate surface area is 126 Å². The number of aromatic nitrogens is 1. The molecule has 1 unspecified atom stereocenters. The van der Waals surface area contributed by atoms with Crippen LogP contribution in [0.4, 0.5) is 4.39 Å². The average Bonchev–Trinajstić information content (AvgIpc) is 2.91. The summed E-state index contributed by atoms with van der Waals surface area (Å²) in [4.78, 5) is 4.48. The van der Waals surface area contributed by atoms with Crippen molar-refractivity contribution in [1.82, 2.24) is 4.98 Å². The average molecular weight is 301 g/mol. The second-order valence-corrected chi connectivity index (χ2v) is 5.87. The van der Waals surface area contributed by atoms with E-state index in [1.165, 1.54) is 23.5 Å². The van der Waals surface area contributed by atoms with Gasteiger partial charge in [0, 0.05) is 0 Å². The highest BCUT2D eigenvalue weighted by Gasteiger charge is 2.28. The zero-order valence-electron chi connectivity index (χ0n) is 11.5. The van der Waals surface area contributed by atoms with Crippen molar-refractivity contribution in [2.75, 3.05) is 7.11 Å². The molecule has 0 aliphatic heterocycles. The SMILES string of the molecule is [CH2]C(N)(c1cccc(OC)c1)c1nc2ccc(F)cc2s1. The van der Waals surface area contributed by atoms with Crippen LogP contribution in [-0.4, -0.2) is 12.1 Å². The van der Waals surface area contributed by atoms with Gasteiger partial charge in [-0.1, -0.05) is 12.1 Å². The molecule has 2 aromatic carbocycles. The fraction of sp³-hybridized carbons (Fsp3) is 0.125. The number of halogens is 1. The molecule has 107 valence electrons. The number of hydrogen-bond donors (Lipinski definition) is 1. The van der Waals surface area contributed by atoms with Gasteiger partial charge in [-0.2, -0.15) is 0 Å². The summed E-state index contributed by atoms with van der Waals surface area (Å²) < 4.78 is 19.2. The molecule has 5 heteroatoms. The smallest absolute Gasteiger partial charge is 0.124 e. The minimum Gasteiger partial charge on any atom is -0.497 e. The third-order valence-electron chi connectivity index (χ3n) is 3.32. The van der Waals surface area contributed by atoms with Gasteiger partial charge >= 0.3 is 0 Å². The number of benzene rings is 2. The predicted octanol–water partition coefficient (Wildman–Crippen LogP) is 3.48. The largest absolute Gasteiger partial charge is 0.497 e. The Morgan fingerprint density at radius 1 is 1.29 bits per heavy atom. The summed E-state index contributed by atoms with van der Waals surface area (Å²) in [6, 6.07) is 11.9. The molecule has 1 radical (unpaired) electrons. The second-order valence-electron chi connectivity index (χ2n) is 4.83. The molecule has 1 aromatic heterocycles. The molecule has 0 aliphatic rings. The topological polar surface area (TPSA) is 48.1 Å². The van der Waals surface area contributed by atoms with Crippen molar-refractivity contribution in [1.29, 1.82) is 0 Å². The van der Waals surface area contributed by atoms with Crippen LogP contribution in [0.2, 0.25) is 0 Å². The lowest BCUT2D eigenvalue weighted by molar-refractivity contribution is 0.413. The van der Waals surface area contributed by atoms with E-state index in [0.717, 1.165) is 15.8 Å². The fourth-order valence-corrected chi connectivity index (χ4v) is 3.16. The van der Waals surface area contributed by atoms with Crippen molar-refractivity contribution in [2.45, 2.75) is 5.54 Å². The van der Waals surface area contributed by atoms with E-state index in [-0.39, 0.29) is 5.82 Å². The molecule has 21 heavy (non-hydrogen) atoms. The minimum atomic E-state index is -1.01. The summed E-state index contributed by atoms with van der Waals surface area (Å²) in [6.07, 6.45) is 0. The van der Waals surface area contributed by atoms with Crippen molar-refractivity contribution in [3.05, 3.63) is 65.8 Å². The molecular formula is C16H14FN2OS. The lowest BCUT2D eigenvalue weighted by atomic mass is 9.94. The maximum Gasteiger partial charge on any atom is 0.124 e. The molecule has 0 saturated heterocycles. The summed E-state index contributed by atoms with van der Waals surface area (Å²) in [5.74, 6) is 0.420. The van der Waals surface area contributed by atoms with Crippen molar-refractivity contribution in [3.8, 4) is 5.75 Å². The summed E-state index contributed by atoms with van der Waals surface area (Å²) >= 11 is 1.35. The Hall–Kier alpha value is -1.98. The normalized spacial score (nSPS) is 14.1. The monoisotopic (exact) mass is 301 g/mol. The van der Waals surface area contributed by atoms with Gasteiger partial charge in [-0.15, -0.1) is 11.3 Å². The van der Waals surface area contributed by atoms with Gasteiger partial charge in [0.05, 0.1) is 22.9 Å². The van der Waals surface area contributed by atoms with Crippen LogP contribution < -0.4 is 10.5 Å². The summed E-state index contributed by atoms with van der Waals surface area (Å²) in [7, 11) is 1.60. The number of nitrogens with two attached hydrogens (primary N) is 1. The number of hydrogen-bond acceptors (Lipinski definition) is 4. The molecule has 0 saturated carbocycles. The summed E-state index contributed by atoms with van der Waals surface area (Å²) in [6.45, 7) is 4.08. The Balaban J connectivity index is 2.09. The highest BCUT2D eigenvalue weighted by atomic mass is 32.1. The van der Waals surface area contributed by atoms with E-state index in [1.807, 2.05) is 24.3 Å². The Bertz CT molecular complexity index is 798. The van der Waals surface area contributed by atoms with E-state index in [4.69, 9.17) is 10.5 Å². The minimum absolute atomic E-state index is 0.286. The Morgan fingerprint density at radius 2 is 2.10 bits per heavy atom. The number of thiazole rings is 1. The van der Waals surface area contributed by atoms with Crippen LogP contribution in [0.15, 0.2) is 42.5 Å². The molecule has 0 amide bonds. The molecule has 0 spiro atoms. The van der Waals surface area contributed by atoms with Gasteiger partial charge in [-0.3, -0.25) is 0 Å². The molecular weight excluding hydrogens is 287 g/mol. The molecule has 2 N–H and O–H groups in total. The van der Waals surface area contributed by atoms with Gasteiger partial charge < -0.3 is 10.5 Å². The Kier molecular flexibility index (Phi) is 3.39. The first-order valence-electron chi connectivity index (χ1n) is 6.36. The quantitative estimate of drug-likeness (QED) is 0.805. The van der Waals surface area contributed by atoms with Crippen LogP contribution in [0.5, 0.6) is 5.75 Å². The number of nitrogens with zero attached hydrogens (tertiary/aromatic N) is 1. The molecule has 0 bridgehead atoms. The van der Waals surface area contributed by atoms with Gasteiger partial charge in [0.25, 0.3) is 0 Å². The van der Waals surface area contributed by atoms with Gasteiger partial charge in [-0.25, -0.2) is 9.37 Å². The van der Waals surface area contributed by atoms with E-state index >= 15 is 0 Å². The maximum atomic E-state index is 13.3. The van der Waals surface area contributed by atoms with Gasteiger partial charge in [0.1, 0.15) is 16.6 Å². The third-order valence-corrected chi connectivity index (χ3v) is 4.51. The molecule has 3 aromatic rings. The van der Waals surface area contributed by atoms with E-state index in [0.29, 0.717) is 10.8 Å². The molecule has 3 nitrogen and oxygen atoms in total. The van der Waals surface area contributed by atoms with Crippen molar-refractivity contribution in [2.24, 2.45) is 5.73 Å². The first-order chi connectivity index (χ1) is 10.0. The fourth-order valence-electron chi connectivity index (χ4n) is 2.11. The zero-order valence-corrected chi connectivity index (χ0v) is 12.3. The number of fused-ring (bicyclic) bond motifs is 1. The molecule has 1 heterocycles. The lowest BCUT2D eigenvalue weighted by Gasteiger charge is -2.22. The summed E-state index contributed by atoms with van der Waals surface area (Å²) in [5, 5.41) is 0.636.